The lowest BCUT2D eigenvalue weighted by molar-refractivity contribution is 0.340. The molecular formula is C15H20Cl2O. The molecule has 100 valence electrons. The van der Waals surface area contributed by atoms with E-state index < -0.39 is 0 Å². The first-order valence-electron chi connectivity index (χ1n) is 6.57. The van der Waals surface area contributed by atoms with Gasteiger partial charge >= 0.3 is 0 Å². The number of hydrogen-bond acceptors (Lipinski definition) is 1. The first-order valence-corrected chi connectivity index (χ1v) is 7.38. The molecule has 0 saturated heterocycles. The average Bonchev–Trinajstić information content (AvgIpc) is 2.72. The molecule has 2 unspecified atom stereocenters. The maximum Gasteiger partial charge on any atom is 0.125 e. The molecule has 0 saturated carbocycles. The molecule has 1 aliphatic rings. The molecule has 0 radical (unpaired) electrons. The van der Waals surface area contributed by atoms with Gasteiger partial charge in [0.05, 0.1) is 6.61 Å². The molecule has 0 aromatic heterocycles. The highest BCUT2D eigenvalue weighted by Gasteiger charge is 2.24. The van der Waals surface area contributed by atoms with E-state index in [1.807, 2.05) is 12.1 Å². The Balaban J connectivity index is 2.28. The smallest absolute Gasteiger partial charge is 0.125 e. The standard InChI is InChI=1S/C15H20Cl2O/c1-9(2)14(10(3)16)8-12-7-13(17)6-11-4-5-18-15(11)12/h6-7,9-10,14H,4-5,8H2,1-3H3. The fourth-order valence-electron chi connectivity index (χ4n) is 2.68. The summed E-state index contributed by atoms with van der Waals surface area (Å²) in [6, 6.07) is 4.04. The molecule has 3 heteroatoms. The third-order valence-corrected chi connectivity index (χ3v) is 4.27. The monoisotopic (exact) mass is 286 g/mol. The van der Waals surface area contributed by atoms with E-state index in [2.05, 4.69) is 20.8 Å². The van der Waals surface area contributed by atoms with E-state index in [9.17, 15) is 0 Å². The topological polar surface area (TPSA) is 9.23 Å². The summed E-state index contributed by atoms with van der Waals surface area (Å²) < 4.78 is 5.74. The lowest BCUT2D eigenvalue weighted by atomic mass is 9.86. The summed E-state index contributed by atoms with van der Waals surface area (Å²) in [5.74, 6) is 2.04. The lowest BCUT2D eigenvalue weighted by Gasteiger charge is -2.24. The Bertz CT molecular complexity index is 419. The molecule has 1 aromatic carbocycles. The van der Waals surface area contributed by atoms with Crippen LogP contribution in [0.5, 0.6) is 5.75 Å². The zero-order valence-corrected chi connectivity index (χ0v) is 12.7. The van der Waals surface area contributed by atoms with Gasteiger partial charge in [-0.05, 0) is 48.4 Å². The Hall–Kier alpha value is -0.400. The predicted octanol–water partition coefficient (Wildman–Crippen LogP) is 4.72. The van der Waals surface area contributed by atoms with Gasteiger partial charge in [0, 0.05) is 16.8 Å². The number of fused-ring (bicyclic) bond motifs is 1. The van der Waals surface area contributed by atoms with Crippen LogP contribution in [0.25, 0.3) is 0 Å². The van der Waals surface area contributed by atoms with Gasteiger partial charge in [-0.3, -0.25) is 0 Å². The van der Waals surface area contributed by atoms with E-state index in [-0.39, 0.29) is 5.38 Å². The Morgan fingerprint density at radius 3 is 2.61 bits per heavy atom. The summed E-state index contributed by atoms with van der Waals surface area (Å²) in [4.78, 5) is 0. The van der Waals surface area contributed by atoms with E-state index in [1.165, 1.54) is 11.1 Å². The van der Waals surface area contributed by atoms with Crippen LogP contribution in [0.3, 0.4) is 0 Å². The molecule has 18 heavy (non-hydrogen) atoms. The number of halogens is 2. The fourth-order valence-corrected chi connectivity index (χ4v) is 3.32. The quantitative estimate of drug-likeness (QED) is 0.728. The highest BCUT2D eigenvalue weighted by Crippen LogP contribution is 2.36. The van der Waals surface area contributed by atoms with Crippen molar-refractivity contribution in [3.63, 3.8) is 0 Å². The third kappa shape index (κ3) is 2.95. The highest BCUT2D eigenvalue weighted by molar-refractivity contribution is 6.30. The van der Waals surface area contributed by atoms with Gasteiger partial charge in [-0.25, -0.2) is 0 Å². The van der Waals surface area contributed by atoms with Crippen molar-refractivity contribution in [1.82, 2.24) is 0 Å². The molecule has 0 N–H and O–H groups in total. The Labute approximate surface area is 119 Å². The van der Waals surface area contributed by atoms with Gasteiger partial charge in [-0.15, -0.1) is 11.6 Å². The predicted molar refractivity (Wildman–Crippen MR) is 78.0 cm³/mol. The van der Waals surface area contributed by atoms with Crippen LogP contribution in [0, 0.1) is 11.8 Å². The van der Waals surface area contributed by atoms with Crippen molar-refractivity contribution in [1.29, 1.82) is 0 Å². The SMILES string of the molecule is CC(C)C(Cc1cc(Cl)cc2c1OCC2)C(C)Cl. The minimum atomic E-state index is 0.154. The molecule has 2 rings (SSSR count). The van der Waals surface area contributed by atoms with Crippen molar-refractivity contribution in [2.45, 2.75) is 39.0 Å². The first-order chi connectivity index (χ1) is 8.49. The Morgan fingerprint density at radius 1 is 1.28 bits per heavy atom. The second-order valence-electron chi connectivity index (χ2n) is 5.44. The van der Waals surface area contributed by atoms with Crippen LogP contribution >= 0.6 is 23.2 Å². The largest absolute Gasteiger partial charge is 0.493 e. The molecule has 1 heterocycles. The normalized spacial score (nSPS) is 17.4. The van der Waals surface area contributed by atoms with Crippen LogP contribution in [0.4, 0.5) is 0 Å². The number of benzene rings is 1. The second kappa shape index (κ2) is 5.71. The van der Waals surface area contributed by atoms with E-state index in [4.69, 9.17) is 27.9 Å². The van der Waals surface area contributed by atoms with Crippen molar-refractivity contribution in [3.8, 4) is 5.75 Å². The van der Waals surface area contributed by atoms with E-state index in [0.29, 0.717) is 11.8 Å². The summed E-state index contributed by atoms with van der Waals surface area (Å²) in [7, 11) is 0. The zero-order chi connectivity index (χ0) is 13.3. The molecular weight excluding hydrogens is 267 g/mol. The molecule has 0 spiro atoms. The Kier molecular flexibility index (Phi) is 4.45. The molecule has 1 nitrogen and oxygen atoms in total. The lowest BCUT2D eigenvalue weighted by Crippen LogP contribution is -2.21. The fraction of sp³-hybridized carbons (Fsp3) is 0.600. The summed E-state index contributed by atoms with van der Waals surface area (Å²) in [5, 5.41) is 0.958. The van der Waals surface area contributed by atoms with Crippen LogP contribution in [-0.4, -0.2) is 12.0 Å². The van der Waals surface area contributed by atoms with Gasteiger partial charge in [0.25, 0.3) is 0 Å². The average molecular weight is 287 g/mol. The summed E-state index contributed by atoms with van der Waals surface area (Å²) >= 11 is 12.5. The first kappa shape index (κ1) is 14.0. The van der Waals surface area contributed by atoms with E-state index in [0.717, 1.165) is 30.2 Å². The van der Waals surface area contributed by atoms with Crippen LogP contribution in [0.1, 0.15) is 31.9 Å². The second-order valence-corrected chi connectivity index (χ2v) is 6.57. The molecule has 1 aromatic rings. The summed E-state index contributed by atoms with van der Waals surface area (Å²) in [6.45, 7) is 7.27. The minimum Gasteiger partial charge on any atom is -0.493 e. The minimum absolute atomic E-state index is 0.154. The number of ether oxygens (including phenoxy) is 1. The molecule has 1 aliphatic heterocycles. The molecule has 0 aliphatic carbocycles. The third-order valence-electron chi connectivity index (χ3n) is 3.73. The van der Waals surface area contributed by atoms with Crippen LogP contribution in [-0.2, 0) is 12.8 Å². The maximum atomic E-state index is 6.31. The maximum absolute atomic E-state index is 6.31. The zero-order valence-electron chi connectivity index (χ0n) is 11.2. The van der Waals surface area contributed by atoms with Crippen molar-refractivity contribution < 1.29 is 4.74 Å². The van der Waals surface area contributed by atoms with Gasteiger partial charge in [-0.2, -0.15) is 0 Å². The molecule has 0 amide bonds. The number of hydrogen-bond donors (Lipinski definition) is 0. The highest BCUT2D eigenvalue weighted by atomic mass is 35.5. The summed E-state index contributed by atoms with van der Waals surface area (Å²) in [6.07, 6.45) is 1.90. The van der Waals surface area contributed by atoms with Crippen molar-refractivity contribution in [2.75, 3.05) is 6.61 Å². The van der Waals surface area contributed by atoms with Gasteiger partial charge in [0.1, 0.15) is 5.75 Å². The van der Waals surface area contributed by atoms with Gasteiger partial charge in [0.2, 0.25) is 0 Å². The Morgan fingerprint density at radius 2 is 2.00 bits per heavy atom. The molecule has 0 bridgehead atoms. The van der Waals surface area contributed by atoms with Crippen LogP contribution in [0.2, 0.25) is 5.02 Å². The van der Waals surface area contributed by atoms with E-state index in [1.54, 1.807) is 0 Å². The van der Waals surface area contributed by atoms with Gasteiger partial charge < -0.3 is 4.74 Å². The van der Waals surface area contributed by atoms with E-state index >= 15 is 0 Å². The van der Waals surface area contributed by atoms with Crippen molar-refractivity contribution in [2.24, 2.45) is 11.8 Å². The molecule has 2 atom stereocenters. The van der Waals surface area contributed by atoms with Gasteiger partial charge in [-0.1, -0.05) is 25.4 Å². The molecule has 0 fully saturated rings. The van der Waals surface area contributed by atoms with Crippen molar-refractivity contribution >= 4 is 23.2 Å². The van der Waals surface area contributed by atoms with Crippen LogP contribution < -0.4 is 4.74 Å². The van der Waals surface area contributed by atoms with Crippen molar-refractivity contribution in [3.05, 3.63) is 28.3 Å². The number of alkyl halides is 1. The number of rotatable bonds is 4. The van der Waals surface area contributed by atoms with Gasteiger partial charge in [0.15, 0.2) is 0 Å². The summed E-state index contributed by atoms with van der Waals surface area (Å²) in [5.41, 5.74) is 2.45. The van der Waals surface area contributed by atoms with Crippen LogP contribution in [0.15, 0.2) is 12.1 Å².